The van der Waals surface area contributed by atoms with E-state index in [2.05, 4.69) is 4.98 Å². The summed E-state index contributed by atoms with van der Waals surface area (Å²) in [4.78, 5) is 26.8. The van der Waals surface area contributed by atoms with E-state index < -0.39 is 42.3 Å². The van der Waals surface area contributed by atoms with Crippen molar-refractivity contribution in [2.75, 3.05) is 6.54 Å². The van der Waals surface area contributed by atoms with Crippen molar-refractivity contribution < 1.29 is 27.3 Å². The summed E-state index contributed by atoms with van der Waals surface area (Å²) in [5, 5.41) is 11.6. The summed E-state index contributed by atoms with van der Waals surface area (Å²) in [6.45, 7) is -0.504. The average Bonchev–Trinajstić information content (AvgIpc) is 2.95. The molecule has 0 atom stereocenters. The molecule has 0 bridgehead atoms. The Morgan fingerprint density at radius 2 is 1.90 bits per heavy atom. The molecule has 0 spiro atoms. The van der Waals surface area contributed by atoms with Crippen molar-refractivity contribution in [3.8, 4) is 0 Å². The Balaban J connectivity index is 1.93. The zero-order valence-corrected chi connectivity index (χ0v) is 15.8. The number of nitro groups is 1. The van der Waals surface area contributed by atoms with Crippen LogP contribution in [0.3, 0.4) is 0 Å². The lowest BCUT2D eigenvalue weighted by Crippen LogP contribution is -2.39. The lowest BCUT2D eigenvalue weighted by atomic mass is 10.1. The number of fused-ring (bicyclic) bond motifs is 1. The van der Waals surface area contributed by atoms with Crippen molar-refractivity contribution in [2.45, 2.75) is 26.1 Å². The van der Waals surface area contributed by atoms with E-state index in [0.717, 1.165) is 6.07 Å². The Kier molecular flexibility index (Phi) is 5.77. The van der Waals surface area contributed by atoms with E-state index in [0.29, 0.717) is 27.1 Å². The molecule has 0 fully saturated rings. The molecule has 0 unspecified atom stereocenters. The van der Waals surface area contributed by atoms with Crippen LogP contribution in [-0.2, 0) is 17.8 Å². The minimum Gasteiger partial charge on any atom is -0.358 e. The second kappa shape index (κ2) is 8.13. The Bertz CT molecular complexity index is 1110. The molecule has 0 aliphatic carbocycles. The Morgan fingerprint density at radius 3 is 2.57 bits per heavy atom. The van der Waals surface area contributed by atoms with Crippen LogP contribution in [0.2, 0.25) is 0 Å². The third-order valence-corrected chi connectivity index (χ3v) is 4.68. The third kappa shape index (κ3) is 4.76. The van der Waals surface area contributed by atoms with Gasteiger partial charge in [-0.1, -0.05) is 18.2 Å². The summed E-state index contributed by atoms with van der Waals surface area (Å²) in [5.74, 6) is -1.42. The number of alkyl halides is 3. The lowest BCUT2D eigenvalue weighted by molar-refractivity contribution is -0.385. The molecular weight excluding hydrogens is 406 g/mol. The molecule has 3 aromatic rings. The van der Waals surface area contributed by atoms with Gasteiger partial charge in [0.2, 0.25) is 5.91 Å². The zero-order chi connectivity index (χ0) is 22.1. The van der Waals surface area contributed by atoms with E-state index in [9.17, 15) is 32.5 Å². The first kappa shape index (κ1) is 21.3. The van der Waals surface area contributed by atoms with Crippen LogP contribution in [0.1, 0.15) is 16.8 Å². The van der Waals surface area contributed by atoms with Crippen LogP contribution in [-0.4, -0.2) is 33.4 Å². The minimum atomic E-state index is -4.69. The van der Waals surface area contributed by atoms with Crippen molar-refractivity contribution in [3.05, 3.63) is 75.2 Å². The number of nitrogens with zero attached hydrogens (tertiary/aromatic N) is 2. The molecule has 6 nitrogen and oxygen atoms in total. The van der Waals surface area contributed by atoms with Gasteiger partial charge in [-0.3, -0.25) is 14.9 Å². The number of carbonyl (C=O) groups is 1. The summed E-state index contributed by atoms with van der Waals surface area (Å²) >= 11 is 0. The van der Waals surface area contributed by atoms with Gasteiger partial charge >= 0.3 is 6.18 Å². The molecule has 1 N–H and O–H groups in total. The SMILES string of the molecule is Cc1[nH]c2ccc(F)cc2c1CC(=O)N(Cc1ccccc1[N+](=O)[O-])CC(F)(F)F. The molecule has 0 saturated carbocycles. The number of hydrogen-bond donors (Lipinski definition) is 1. The largest absolute Gasteiger partial charge is 0.406 e. The van der Waals surface area contributed by atoms with Crippen LogP contribution in [0.5, 0.6) is 0 Å². The van der Waals surface area contributed by atoms with Gasteiger partial charge in [0.1, 0.15) is 12.4 Å². The van der Waals surface area contributed by atoms with Crippen molar-refractivity contribution in [3.63, 3.8) is 0 Å². The van der Waals surface area contributed by atoms with Gasteiger partial charge in [0.05, 0.1) is 17.9 Å². The molecule has 1 amide bonds. The van der Waals surface area contributed by atoms with Gasteiger partial charge in [-0.25, -0.2) is 4.39 Å². The Morgan fingerprint density at radius 1 is 1.20 bits per heavy atom. The van der Waals surface area contributed by atoms with Crippen LogP contribution in [0.4, 0.5) is 23.2 Å². The highest BCUT2D eigenvalue weighted by Gasteiger charge is 2.34. The zero-order valence-electron chi connectivity index (χ0n) is 15.8. The number of rotatable bonds is 6. The summed E-state index contributed by atoms with van der Waals surface area (Å²) in [6, 6.07) is 9.23. The number of nitro benzene ring substituents is 1. The number of halogens is 4. The molecule has 10 heteroatoms. The fourth-order valence-electron chi connectivity index (χ4n) is 3.32. The van der Waals surface area contributed by atoms with E-state index in [-0.39, 0.29) is 11.3 Å². The van der Waals surface area contributed by atoms with Gasteiger partial charge in [0.25, 0.3) is 5.69 Å². The maximum Gasteiger partial charge on any atom is 0.406 e. The first-order valence-corrected chi connectivity index (χ1v) is 8.88. The predicted molar refractivity (Wildman–Crippen MR) is 101 cm³/mol. The Hall–Kier alpha value is -3.43. The number of aromatic nitrogens is 1. The topological polar surface area (TPSA) is 79.2 Å². The number of benzene rings is 2. The van der Waals surface area contributed by atoms with Crippen LogP contribution in [0.25, 0.3) is 10.9 Å². The highest BCUT2D eigenvalue weighted by atomic mass is 19.4. The van der Waals surface area contributed by atoms with Crippen LogP contribution in [0.15, 0.2) is 42.5 Å². The lowest BCUT2D eigenvalue weighted by Gasteiger charge is -2.24. The number of carbonyl (C=O) groups excluding carboxylic acids is 1. The monoisotopic (exact) mass is 423 g/mol. The fraction of sp³-hybridized carbons (Fsp3) is 0.250. The number of aryl methyl sites for hydroxylation is 1. The number of amides is 1. The Labute approximate surface area is 168 Å². The third-order valence-electron chi connectivity index (χ3n) is 4.68. The molecule has 158 valence electrons. The standard InChI is InChI=1S/C20H17F4N3O3/c1-12-15(16-8-14(21)6-7-17(16)25-12)9-19(28)26(11-20(22,23)24)10-13-4-2-3-5-18(13)27(29)30/h2-8,25H,9-11H2,1H3. The quantitative estimate of drug-likeness (QED) is 0.356. The van der Waals surface area contributed by atoms with Crippen molar-refractivity contribution >= 4 is 22.5 Å². The number of H-pyrrole nitrogens is 1. The normalized spacial score (nSPS) is 11.6. The molecule has 1 aromatic heterocycles. The van der Waals surface area contributed by atoms with Gasteiger partial charge in [-0.15, -0.1) is 0 Å². The first-order valence-electron chi connectivity index (χ1n) is 8.88. The van der Waals surface area contributed by atoms with Crippen molar-refractivity contribution in [1.29, 1.82) is 0 Å². The van der Waals surface area contributed by atoms with E-state index >= 15 is 0 Å². The molecular formula is C20H17F4N3O3. The van der Waals surface area contributed by atoms with Crippen molar-refractivity contribution in [2.24, 2.45) is 0 Å². The fourth-order valence-corrected chi connectivity index (χ4v) is 3.32. The summed E-state index contributed by atoms with van der Waals surface area (Å²) in [7, 11) is 0. The van der Waals surface area contributed by atoms with E-state index in [1.807, 2.05) is 0 Å². The molecule has 0 aliphatic heterocycles. The van der Waals surface area contributed by atoms with Gasteiger partial charge in [0.15, 0.2) is 0 Å². The van der Waals surface area contributed by atoms with Crippen LogP contribution < -0.4 is 0 Å². The highest BCUT2D eigenvalue weighted by Crippen LogP contribution is 2.27. The molecule has 1 heterocycles. The van der Waals surface area contributed by atoms with Crippen LogP contribution >= 0.6 is 0 Å². The second-order valence-corrected chi connectivity index (χ2v) is 6.85. The average molecular weight is 423 g/mol. The summed E-state index contributed by atoms with van der Waals surface area (Å²) in [5.41, 5.74) is 1.08. The summed E-state index contributed by atoms with van der Waals surface area (Å²) < 4.78 is 53.0. The van der Waals surface area contributed by atoms with E-state index in [1.54, 1.807) is 6.92 Å². The molecule has 30 heavy (non-hydrogen) atoms. The highest BCUT2D eigenvalue weighted by molar-refractivity contribution is 5.90. The van der Waals surface area contributed by atoms with E-state index in [1.165, 1.54) is 36.4 Å². The number of aromatic amines is 1. The van der Waals surface area contributed by atoms with Gasteiger partial charge in [0, 0.05) is 28.2 Å². The van der Waals surface area contributed by atoms with Gasteiger partial charge in [-0.05, 0) is 30.7 Å². The van der Waals surface area contributed by atoms with E-state index in [4.69, 9.17) is 0 Å². The molecule has 0 radical (unpaired) electrons. The van der Waals surface area contributed by atoms with Gasteiger partial charge < -0.3 is 9.88 Å². The predicted octanol–water partition coefficient (Wildman–Crippen LogP) is 4.66. The molecule has 3 rings (SSSR count). The molecule has 0 saturated heterocycles. The molecule has 0 aliphatic rings. The second-order valence-electron chi connectivity index (χ2n) is 6.85. The smallest absolute Gasteiger partial charge is 0.358 e. The minimum absolute atomic E-state index is 0.0122. The maximum absolute atomic E-state index is 13.6. The maximum atomic E-state index is 13.6. The van der Waals surface area contributed by atoms with Gasteiger partial charge in [-0.2, -0.15) is 13.2 Å². The number of nitrogens with one attached hydrogen (secondary N) is 1. The number of para-hydroxylation sites is 1. The number of hydrogen-bond acceptors (Lipinski definition) is 3. The van der Waals surface area contributed by atoms with Crippen molar-refractivity contribution in [1.82, 2.24) is 9.88 Å². The molecule has 2 aromatic carbocycles. The first-order chi connectivity index (χ1) is 14.0. The van der Waals surface area contributed by atoms with Crippen LogP contribution in [0, 0.1) is 22.9 Å². The summed E-state index contributed by atoms with van der Waals surface area (Å²) in [6.07, 6.45) is -5.10.